The summed E-state index contributed by atoms with van der Waals surface area (Å²) in [6.07, 6.45) is 10.4. The molecule has 4 fully saturated rings. The van der Waals surface area contributed by atoms with Crippen LogP contribution in [0.3, 0.4) is 0 Å². The van der Waals surface area contributed by atoms with Gasteiger partial charge in [0.15, 0.2) is 0 Å². The maximum atomic E-state index is 10.5. The molecule has 0 aromatic carbocycles. The highest BCUT2D eigenvalue weighted by Gasteiger charge is 2.56. The number of hydrogen-bond donors (Lipinski definition) is 2. The van der Waals surface area contributed by atoms with Crippen LogP contribution in [0.2, 0.25) is 0 Å². The van der Waals surface area contributed by atoms with Gasteiger partial charge in [-0.05, 0) is 105 Å². The molecule has 3 nitrogen and oxygen atoms in total. The Kier molecular flexibility index (Phi) is 5.50. The minimum atomic E-state index is -0.127. The van der Waals surface area contributed by atoms with Crippen molar-refractivity contribution in [1.82, 2.24) is 4.90 Å². The third-order valence-corrected chi connectivity index (χ3v) is 9.63. The van der Waals surface area contributed by atoms with Crippen molar-refractivity contribution in [2.24, 2.45) is 34.5 Å². The quantitative estimate of drug-likeness (QED) is 0.722. The molecule has 3 saturated carbocycles. The molecule has 27 heavy (non-hydrogen) atoms. The normalized spacial score (nSPS) is 48.7. The lowest BCUT2D eigenvalue weighted by Crippen LogP contribution is -2.53. The second-order valence-corrected chi connectivity index (χ2v) is 10.8. The maximum Gasteiger partial charge on any atom is 0.0543 e. The van der Waals surface area contributed by atoms with E-state index in [2.05, 4.69) is 25.3 Å². The lowest BCUT2D eigenvalue weighted by Gasteiger charge is -2.57. The van der Waals surface area contributed by atoms with Crippen LogP contribution in [0.1, 0.15) is 71.6 Å². The number of fused-ring (bicyclic) bond motifs is 1. The van der Waals surface area contributed by atoms with Gasteiger partial charge in [0.25, 0.3) is 0 Å². The molecule has 3 aliphatic carbocycles. The Balaban J connectivity index is 1.59. The summed E-state index contributed by atoms with van der Waals surface area (Å²) in [5.41, 5.74) is 1.93. The summed E-state index contributed by atoms with van der Waals surface area (Å²) in [4.78, 5) is 2.64. The van der Waals surface area contributed by atoms with Gasteiger partial charge in [0, 0.05) is 13.2 Å². The number of likely N-dealkylation sites (tertiary alicyclic amines) is 1. The highest BCUT2D eigenvalue weighted by molar-refractivity contribution is 5.20. The van der Waals surface area contributed by atoms with E-state index in [9.17, 15) is 10.2 Å². The Morgan fingerprint density at radius 1 is 1.07 bits per heavy atom. The Hall–Kier alpha value is -0.380. The zero-order valence-corrected chi connectivity index (χ0v) is 17.6. The summed E-state index contributed by atoms with van der Waals surface area (Å²) in [5, 5.41) is 20.9. The van der Waals surface area contributed by atoms with E-state index >= 15 is 0 Å². The van der Waals surface area contributed by atoms with Gasteiger partial charge in [-0.1, -0.05) is 26.0 Å². The largest absolute Gasteiger partial charge is 0.396 e. The molecule has 7 atom stereocenters. The van der Waals surface area contributed by atoms with Crippen LogP contribution in [-0.4, -0.2) is 47.5 Å². The molecule has 1 saturated heterocycles. The maximum absolute atomic E-state index is 10.5. The number of allylic oxidation sites excluding steroid dienone is 1. The molecule has 3 heteroatoms. The lowest BCUT2D eigenvalue weighted by atomic mass is 9.49. The van der Waals surface area contributed by atoms with E-state index in [0.717, 1.165) is 32.2 Å². The molecular weight excluding hydrogens is 334 g/mol. The Morgan fingerprint density at radius 3 is 2.52 bits per heavy atom. The SMILES string of the molecule is C=C1CCC2[C@H](CO)C([C@@]3(C)CC[C@H](O)C[C@@H]3CN3CCCC3)CC[C@]12C. The van der Waals surface area contributed by atoms with Gasteiger partial charge in [-0.2, -0.15) is 0 Å². The summed E-state index contributed by atoms with van der Waals surface area (Å²) in [6.45, 7) is 13.3. The second kappa shape index (κ2) is 7.46. The van der Waals surface area contributed by atoms with E-state index in [1.54, 1.807) is 0 Å². The average molecular weight is 376 g/mol. The average Bonchev–Trinajstić information content (AvgIpc) is 3.26. The van der Waals surface area contributed by atoms with E-state index in [-0.39, 0.29) is 16.9 Å². The van der Waals surface area contributed by atoms with Crippen molar-refractivity contribution in [2.45, 2.75) is 77.7 Å². The predicted octanol–water partition coefficient (Wildman–Crippen LogP) is 4.24. The van der Waals surface area contributed by atoms with Crippen LogP contribution in [0.4, 0.5) is 0 Å². The molecular formula is C24H41NO2. The van der Waals surface area contributed by atoms with E-state index in [4.69, 9.17) is 0 Å². The van der Waals surface area contributed by atoms with Crippen molar-refractivity contribution < 1.29 is 10.2 Å². The number of aliphatic hydroxyl groups excluding tert-OH is 2. The van der Waals surface area contributed by atoms with Crippen LogP contribution in [0.5, 0.6) is 0 Å². The second-order valence-electron chi connectivity index (χ2n) is 10.8. The molecule has 0 radical (unpaired) electrons. The Morgan fingerprint density at radius 2 is 1.81 bits per heavy atom. The van der Waals surface area contributed by atoms with Crippen molar-refractivity contribution >= 4 is 0 Å². The summed E-state index contributed by atoms with van der Waals surface area (Å²) in [6, 6.07) is 0. The first-order valence-electron chi connectivity index (χ1n) is 11.6. The minimum absolute atomic E-state index is 0.127. The monoisotopic (exact) mass is 375 g/mol. The molecule has 4 rings (SSSR count). The Labute approximate surface area is 166 Å². The minimum Gasteiger partial charge on any atom is -0.396 e. The molecule has 1 heterocycles. The molecule has 2 N–H and O–H groups in total. The zero-order chi connectivity index (χ0) is 19.2. The van der Waals surface area contributed by atoms with Crippen LogP contribution in [0, 0.1) is 34.5 Å². The summed E-state index contributed by atoms with van der Waals surface area (Å²) >= 11 is 0. The van der Waals surface area contributed by atoms with Gasteiger partial charge < -0.3 is 15.1 Å². The number of hydrogen-bond acceptors (Lipinski definition) is 3. The van der Waals surface area contributed by atoms with E-state index in [0.29, 0.717) is 30.3 Å². The van der Waals surface area contributed by atoms with Crippen LogP contribution in [-0.2, 0) is 0 Å². The third kappa shape index (κ3) is 3.32. The molecule has 4 aliphatic rings. The fourth-order valence-electron chi connectivity index (χ4n) is 7.71. The fourth-order valence-corrected chi connectivity index (χ4v) is 7.71. The van der Waals surface area contributed by atoms with E-state index in [1.165, 1.54) is 50.8 Å². The van der Waals surface area contributed by atoms with Crippen LogP contribution in [0.25, 0.3) is 0 Å². The predicted molar refractivity (Wildman–Crippen MR) is 110 cm³/mol. The number of aliphatic hydroxyl groups is 2. The smallest absolute Gasteiger partial charge is 0.0543 e. The number of nitrogens with zero attached hydrogens (tertiary/aromatic N) is 1. The van der Waals surface area contributed by atoms with Gasteiger partial charge in [-0.15, -0.1) is 0 Å². The zero-order valence-electron chi connectivity index (χ0n) is 17.6. The van der Waals surface area contributed by atoms with Crippen molar-refractivity contribution in [3.05, 3.63) is 12.2 Å². The molecule has 1 aliphatic heterocycles. The summed E-state index contributed by atoms with van der Waals surface area (Å²) in [7, 11) is 0. The van der Waals surface area contributed by atoms with Gasteiger partial charge >= 0.3 is 0 Å². The van der Waals surface area contributed by atoms with Crippen molar-refractivity contribution in [1.29, 1.82) is 0 Å². The first-order chi connectivity index (χ1) is 12.9. The lowest BCUT2D eigenvalue weighted by molar-refractivity contribution is -0.0987. The summed E-state index contributed by atoms with van der Waals surface area (Å²) in [5.74, 6) is 2.16. The van der Waals surface area contributed by atoms with Crippen molar-refractivity contribution in [3.63, 3.8) is 0 Å². The molecule has 0 amide bonds. The first-order valence-corrected chi connectivity index (χ1v) is 11.6. The van der Waals surface area contributed by atoms with Crippen LogP contribution in [0.15, 0.2) is 12.2 Å². The highest BCUT2D eigenvalue weighted by atomic mass is 16.3. The van der Waals surface area contributed by atoms with E-state index in [1.807, 2.05) is 0 Å². The van der Waals surface area contributed by atoms with Gasteiger partial charge in [0.2, 0.25) is 0 Å². The topological polar surface area (TPSA) is 43.7 Å². The van der Waals surface area contributed by atoms with Crippen molar-refractivity contribution in [3.8, 4) is 0 Å². The fraction of sp³-hybridized carbons (Fsp3) is 0.917. The molecule has 0 aromatic heterocycles. The highest BCUT2D eigenvalue weighted by Crippen LogP contribution is 2.63. The first kappa shape index (κ1) is 19.9. The van der Waals surface area contributed by atoms with Crippen LogP contribution < -0.4 is 0 Å². The standard InChI is InChI=1S/C24H41NO2/c1-17-6-7-21-20(16-26)22(9-11-23(17,21)2)24(3)10-8-19(27)14-18(24)15-25-12-4-5-13-25/h18-22,26-27H,1,4-16H2,2-3H3/t18-,19+,20+,21?,22?,23-,24+/m1/s1. The molecule has 0 aromatic rings. The van der Waals surface area contributed by atoms with Gasteiger partial charge in [0.1, 0.15) is 0 Å². The van der Waals surface area contributed by atoms with Gasteiger partial charge in [-0.3, -0.25) is 0 Å². The van der Waals surface area contributed by atoms with E-state index < -0.39 is 0 Å². The third-order valence-electron chi connectivity index (χ3n) is 9.63. The molecule has 0 bridgehead atoms. The molecule has 2 unspecified atom stereocenters. The summed E-state index contributed by atoms with van der Waals surface area (Å²) < 4.78 is 0. The van der Waals surface area contributed by atoms with Gasteiger partial charge in [-0.25, -0.2) is 0 Å². The number of rotatable bonds is 4. The molecule has 154 valence electrons. The molecule has 0 spiro atoms. The van der Waals surface area contributed by atoms with Gasteiger partial charge in [0.05, 0.1) is 6.10 Å². The van der Waals surface area contributed by atoms with Crippen LogP contribution >= 0.6 is 0 Å². The van der Waals surface area contributed by atoms with Crippen molar-refractivity contribution in [2.75, 3.05) is 26.2 Å². The Bertz CT molecular complexity index is 557.